The maximum Gasteiger partial charge on any atom is -0.0623 e. The first kappa shape index (κ1) is 10.4. The highest BCUT2D eigenvalue weighted by Gasteiger charge is 1.60. The Balaban J connectivity index is 3.65. The van der Waals surface area contributed by atoms with E-state index < -0.39 is 0 Å². The normalized spacial score (nSPS) is 12.3. The topological polar surface area (TPSA) is 0 Å². The first-order valence-corrected chi connectivity index (χ1v) is 3.74. The predicted octanol–water partition coefficient (Wildman–Crippen LogP) is 3.39. The van der Waals surface area contributed by atoms with E-state index >= 15 is 0 Å². The minimum absolute atomic E-state index is 1.49. The first-order valence-electron chi connectivity index (χ1n) is 3.74. The van der Waals surface area contributed by atoms with Crippen molar-refractivity contribution in [3.63, 3.8) is 0 Å². The van der Waals surface area contributed by atoms with E-state index in [1.165, 1.54) is 6.08 Å². The quantitative estimate of drug-likeness (QED) is 0.537. The van der Waals surface area contributed by atoms with Gasteiger partial charge in [-0.05, 0) is 0 Å². The van der Waals surface area contributed by atoms with E-state index in [0.717, 1.165) is 0 Å². The second-order valence-corrected chi connectivity index (χ2v) is 1.97. The van der Waals surface area contributed by atoms with Gasteiger partial charge in [0.25, 0.3) is 0 Å². The van der Waals surface area contributed by atoms with Gasteiger partial charge in [0.05, 0.1) is 0 Å². The highest BCUT2D eigenvalue weighted by atomic mass is 13.7. The van der Waals surface area contributed by atoms with Crippen LogP contribution in [-0.2, 0) is 0 Å². The number of allylic oxidation sites excluding steroid dienone is 10. The lowest BCUT2D eigenvalue weighted by Gasteiger charge is -1.72. The third-order valence-electron chi connectivity index (χ3n) is 1.02. The fourth-order valence-corrected chi connectivity index (χ4v) is 0.528. The summed E-state index contributed by atoms with van der Waals surface area (Å²) in [7, 11) is 0. The number of rotatable bonds is 5. The monoisotopic (exact) mass is 157 g/mol. The molecule has 0 aliphatic carbocycles. The molecule has 1 radical (unpaired) electrons. The summed E-state index contributed by atoms with van der Waals surface area (Å²) in [6, 6.07) is 0. The van der Waals surface area contributed by atoms with Gasteiger partial charge in [-0.2, -0.15) is 0 Å². The zero-order chi connectivity index (χ0) is 9.07. The van der Waals surface area contributed by atoms with Gasteiger partial charge >= 0.3 is 0 Å². The predicted molar refractivity (Wildman–Crippen MR) is 55.6 cm³/mol. The number of hydrogen-bond donors (Lipinski definition) is 0. The van der Waals surface area contributed by atoms with E-state index in [9.17, 15) is 0 Å². The van der Waals surface area contributed by atoms with Crippen LogP contribution >= 0.6 is 0 Å². The second kappa shape index (κ2) is 9.44. The molecule has 0 heterocycles. The molecular formula is C12H13. The lowest BCUT2D eigenvalue weighted by atomic mass is 10.4. The summed E-state index contributed by atoms with van der Waals surface area (Å²) < 4.78 is 0. The molecule has 61 valence electrons. The Hall–Kier alpha value is -1.56. The molecule has 0 aromatic heterocycles. The molecule has 0 aliphatic rings. The fourth-order valence-electron chi connectivity index (χ4n) is 0.528. The molecule has 0 spiro atoms. The molecule has 0 amide bonds. The Morgan fingerprint density at radius 3 is 1.50 bits per heavy atom. The Morgan fingerprint density at radius 2 is 1.08 bits per heavy atom. The van der Waals surface area contributed by atoms with Crippen molar-refractivity contribution in [2.24, 2.45) is 0 Å². The SMILES string of the molecule is [CH]=CC=CC=CC=CC=CC=C. The van der Waals surface area contributed by atoms with Crippen molar-refractivity contribution in [3.8, 4) is 0 Å². The molecule has 0 nitrogen and oxygen atoms in total. The van der Waals surface area contributed by atoms with Gasteiger partial charge < -0.3 is 0 Å². The van der Waals surface area contributed by atoms with Crippen LogP contribution in [0.1, 0.15) is 0 Å². The van der Waals surface area contributed by atoms with E-state index in [1.54, 1.807) is 12.2 Å². The third kappa shape index (κ3) is 8.44. The van der Waals surface area contributed by atoms with Crippen LogP contribution in [0.5, 0.6) is 0 Å². The number of hydrogen-bond acceptors (Lipinski definition) is 0. The van der Waals surface area contributed by atoms with E-state index in [2.05, 4.69) is 6.58 Å². The summed E-state index contributed by atoms with van der Waals surface area (Å²) in [4.78, 5) is 0. The van der Waals surface area contributed by atoms with Crippen LogP contribution in [0, 0.1) is 6.58 Å². The first-order chi connectivity index (χ1) is 5.91. The molecule has 12 heavy (non-hydrogen) atoms. The summed E-state index contributed by atoms with van der Waals surface area (Å²) in [6.07, 6.45) is 18.3. The molecule has 0 rings (SSSR count). The molecule has 0 saturated heterocycles. The Labute approximate surface area is 74.6 Å². The van der Waals surface area contributed by atoms with Crippen LogP contribution in [0.25, 0.3) is 0 Å². The summed E-state index contributed by atoms with van der Waals surface area (Å²) >= 11 is 0. The zero-order valence-corrected chi connectivity index (χ0v) is 7.06. The molecule has 0 aromatic carbocycles. The molecule has 0 aliphatic heterocycles. The molecule has 0 bridgehead atoms. The Bertz CT molecular complexity index is 198. The van der Waals surface area contributed by atoms with E-state index in [0.29, 0.717) is 0 Å². The van der Waals surface area contributed by atoms with Gasteiger partial charge in [-0.15, -0.1) is 0 Å². The lowest BCUT2D eigenvalue weighted by Crippen LogP contribution is -1.50. The molecule has 0 N–H and O–H groups in total. The molecule has 0 unspecified atom stereocenters. The third-order valence-corrected chi connectivity index (χ3v) is 1.02. The van der Waals surface area contributed by atoms with Gasteiger partial charge in [0.15, 0.2) is 0 Å². The molecule has 0 atom stereocenters. The van der Waals surface area contributed by atoms with Gasteiger partial charge in [-0.25, -0.2) is 0 Å². The highest BCUT2D eigenvalue weighted by molar-refractivity contribution is 5.18. The fraction of sp³-hybridized carbons (Fsp3) is 0. The van der Waals surface area contributed by atoms with Crippen LogP contribution in [-0.4, -0.2) is 0 Å². The summed E-state index contributed by atoms with van der Waals surface area (Å²) in [5.41, 5.74) is 0. The van der Waals surface area contributed by atoms with Crippen LogP contribution in [0.4, 0.5) is 0 Å². The Morgan fingerprint density at radius 1 is 0.667 bits per heavy atom. The molecule has 0 heteroatoms. The summed E-state index contributed by atoms with van der Waals surface area (Å²) in [5, 5.41) is 0. The molecule has 0 saturated carbocycles. The van der Waals surface area contributed by atoms with Crippen molar-refractivity contribution in [1.82, 2.24) is 0 Å². The van der Waals surface area contributed by atoms with Crippen LogP contribution in [0.15, 0.2) is 67.3 Å². The average molecular weight is 157 g/mol. The van der Waals surface area contributed by atoms with Gasteiger partial charge in [0, 0.05) is 0 Å². The Kier molecular flexibility index (Phi) is 8.21. The van der Waals surface area contributed by atoms with E-state index in [4.69, 9.17) is 6.58 Å². The van der Waals surface area contributed by atoms with Gasteiger partial charge in [0.2, 0.25) is 0 Å². The van der Waals surface area contributed by atoms with E-state index in [-0.39, 0.29) is 0 Å². The minimum Gasteiger partial charge on any atom is -0.0991 e. The highest BCUT2D eigenvalue weighted by Crippen LogP contribution is 1.82. The maximum atomic E-state index is 5.12. The smallest absolute Gasteiger partial charge is 0.0623 e. The van der Waals surface area contributed by atoms with Crippen molar-refractivity contribution in [2.45, 2.75) is 0 Å². The van der Waals surface area contributed by atoms with Crippen molar-refractivity contribution in [2.75, 3.05) is 0 Å². The average Bonchev–Trinajstić information content (AvgIpc) is 2.10. The maximum absolute atomic E-state index is 5.12. The van der Waals surface area contributed by atoms with Crippen LogP contribution < -0.4 is 0 Å². The van der Waals surface area contributed by atoms with Gasteiger partial charge in [-0.1, -0.05) is 73.9 Å². The van der Waals surface area contributed by atoms with Crippen LogP contribution in [0.2, 0.25) is 0 Å². The van der Waals surface area contributed by atoms with E-state index in [1.807, 2.05) is 42.5 Å². The molecular weight excluding hydrogens is 144 g/mol. The van der Waals surface area contributed by atoms with Crippen molar-refractivity contribution >= 4 is 0 Å². The molecule has 0 aromatic rings. The van der Waals surface area contributed by atoms with Crippen molar-refractivity contribution < 1.29 is 0 Å². The van der Waals surface area contributed by atoms with Crippen molar-refractivity contribution in [3.05, 3.63) is 73.9 Å². The zero-order valence-electron chi connectivity index (χ0n) is 7.06. The van der Waals surface area contributed by atoms with Gasteiger partial charge in [-0.3, -0.25) is 0 Å². The standard InChI is InChI=1S/C12H13/c1-3-5-7-9-11-12-10-8-6-4-2/h1,3-12H,2H2. The summed E-state index contributed by atoms with van der Waals surface area (Å²) in [5.74, 6) is 0. The second-order valence-electron chi connectivity index (χ2n) is 1.97. The minimum atomic E-state index is 1.49. The van der Waals surface area contributed by atoms with Gasteiger partial charge in [0.1, 0.15) is 0 Å². The summed E-state index contributed by atoms with van der Waals surface area (Å²) in [6.45, 7) is 8.67. The largest absolute Gasteiger partial charge is 0.0991 e. The molecule has 0 fully saturated rings. The van der Waals surface area contributed by atoms with Crippen molar-refractivity contribution in [1.29, 1.82) is 0 Å². The lowest BCUT2D eigenvalue weighted by molar-refractivity contribution is 1.85. The van der Waals surface area contributed by atoms with Crippen LogP contribution in [0.3, 0.4) is 0 Å².